The van der Waals surface area contributed by atoms with Crippen molar-refractivity contribution in [2.24, 2.45) is 0 Å². The van der Waals surface area contributed by atoms with E-state index in [0.717, 1.165) is 29.6 Å². The van der Waals surface area contributed by atoms with E-state index in [1.165, 1.54) is 19.3 Å². The van der Waals surface area contributed by atoms with Crippen LogP contribution in [0.3, 0.4) is 0 Å². The van der Waals surface area contributed by atoms with Gasteiger partial charge in [-0.25, -0.2) is 0 Å². The molecule has 1 fully saturated rings. The molecule has 1 atom stereocenters. The van der Waals surface area contributed by atoms with Gasteiger partial charge in [-0.3, -0.25) is 4.79 Å². The van der Waals surface area contributed by atoms with Gasteiger partial charge in [0.1, 0.15) is 6.29 Å². The third kappa shape index (κ3) is 4.89. The SMILES string of the molecule is O=CC=CCC1([SiH3])CCCCO1.[Pt]. The van der Waals surface area contributed by atoms with Crippen LogP contribution >= 0.6 is 0 Å². The quantitative estimate of drug-likeness (QED) is 0.403. The fourth-order valence-electron chi connectivity index (χ4n) is 1.53. The van der Waals surface area contributed by atoms with E-state index in [4.69, 9.17) is 4.74 Å². The molecule has 0 aromatic heterocycles. The Morgan fingerprint density at radius 2 is 2.23 bits per heavy atom. The second-order valence-electron chi connectivity index (χ2n) is 3.52. The number of allylic oxidation sites excluding steroid dienone is 1. The normalized spacial score (nSPS) is 28.6. The molecule has 0 saturated carbocycles. The largest absolute Gasteiger partial charge is 0.379 e. The molecule has 0 N–H and O–H groups in total. The van der Waals surface area contributed by atoms with E-state index < -0.39 is 0 Å². The van der Waals surface area contributed by atoms with Crippen molar-refractivity contribution in [1.82, 2.24) is 0 Å². The predicted molar refractivity (Wildman–Crippen MR) is 52.3 cm³/mol. The van der Waals surface area contributed by atoms with Crippen LogP contribution in [0.25, 0.3) is 0 Å². The Balaban J connectivity index is 0.00000144. The Bertz CT molecular complexity index is 176. The zero-order valence-corrected chi connectivity index (χ0v) is 12.2. The summed E-state index contributed by atoms with van der Waals surface area (Å²) in [6, 6.07) is 0. The number of hydrogen-bond donors (Lipinski definition) is 0. The second-order valence-corrected chi connectivity index (χ2v) is 5.35. The molecule has 1 heterocycles. The van der Waals surface area contributed by atoms with Crippen molar-refractivity contribution in [1.29, 1.82) is 0 Å². The molecular weight excluding hydrogens is 363 g/mol. The molecule has 4 heteroatoms. The minimum atomic E-state index is 0. The summed E-state index contributed by atoms with van der Waals surface area (Å²) in [5.74, 6) is 0. The molecule has 1 saturated heterocycles. The fraction of sp³-hybridized carbons (Fsp3) is 0.667. The van der Waals surface area contributed by atoms with E-state index in [0.29, 0.717) is 0 Å². The molecule has 0 amide bonds. The van der Waals surface area contributed by atoms with Crippen LogP contribution in [0.1, 0.15) is 25.7 Å². The number of rotatable bonds is 3. The molecule has 2 nitrogen and oxygen atoms in total. The van der Waals surface area contributed by atoms with Crippen molar-refractivity contribution in [2.45, 2.75) is 30.9 Å². The number of aldehydes is 1. The van der Waals surface area contributed by atoms with E-state index >= 15 is 0 Å². The molecule has 0 aromatic rings. The number of carbonyl (C=O) groups excluding carboxylic acids is 1. The van der Waals surface area contributed by atoms with Crippen molar-refractivity contribution in [2.75, 3.05) is 6.61 Å². The van der Waals surface area contributed by atoms with Gasteiger partial charge < -0.3 is 4.74 Å². The zero-order chi connectivity index (χ0) is 8.86. The monoisotopic (exact) mass is 379 g/mol. The topological polar surface area (TPSA) is 26.3 Å². The summed E-state index contributed by atoms with van der Waals surface area (Å²) in [5, 5.41) is 0.123. The van der Waals surface area contributed by atoms with Crippen LogP contribution in [-0.4, -0.2) is 28.4 Å². The summed E-state index contributed by atoms with van der Waals surface area (Å²) in [4.78, 5) is 10.0. The molecule has 13 heavy (non-hydrogen) atoms. The molecule has 1 rings (SSSR count). The summed E-state index contributed by atoms with van der Waals surface area (Å²) < 4.78 is 5.71. The molecule has 1 unspecified atom stereocenters. The summed E-state index contributed by atoms with van der Waals surface area (Å²) in [6.45, 7) is 0.901. The van der Waals surface area contributed by atoms with Crippen LogP contribution in [0.4, 0.5) is 0 Å². The number of ether oxygens (including phenoxy) is 1. The summed E-state index contributed by atoms with van der Waals surface area (Å²) in [6.07, 6.45) is 8.87. The number of carbonyl (C=O) groups is 1. The van der Waals surface area contributed by atoms with Crippen molar-refractivity contribution in [3.8, 4) is 0 Å². The van der Waals surface area contributed by atoms with Crippen LogP contribution in [0, 0.1) is 0 Å². The van der Waals surface area contributed by atoms with Crippen molar-refractivity contribution in [3.05, 3.63) is 12.2 Å². The molecule has 0 bridgehead atoms. The maximum absolute atomic E-state index is 10.0. The van der Waals surface area contributed by atoms with Gasteiger partial charge in [0.05, 0.1) is 5.22 Å². The average Bonchev–Trinajstić information content (AvgIpc) is 2.06. The Kier molecular flexibility index (Phi) is 6.83. The Hall–Kier alpha value is 0.275. The maximum Gasteiger partial charge on any atom is 0.142 e. The van der Waals surface area contributed by atoms with Gasteiger partial charge in [-0.1, -0.05) is 6.08 Å². The van der Waals surface area contributed by atoms with Crippen LogP contribution < -0.4 is 0 Å². The first-order valence-corrected chi connectivity index (χ1v) is 5.51. The van der Waals surface area contributed by atoms with E-state index in [1.54, 1.807) is 6.08 Å². The van der Waals surface area contributed by atoms with E-state index in [9.17, 15) is 4.79 Å². The number of hydrogen-bond acceptors (Lipinski definition) is 2. The van der Waals surface area contributed by atoms with E-state index in [-0.39, 0.29) is 26.3 Å². The molecule has 1 aliphatic heterocycles. The molecule has 0 aliphatic carbocycles. The Morgan fingerprint density at radius 1 is 1.46 bits per heavy atom. The first-order chi connectivity index (χ1) is 5.77. The third-order valence-electron chi connectivity index (χ3n) is 2.31. The summed E-state index contributed by atoms with van der Waals surface area (Å²) in [5.41, 5.74) is 0. The van der Waals surface area contributed by atoms with Crippen molar-refractivity contribution < 1.29 is 30.6 Å². The van der Waals surface area contributed by atoms with E-state index in [1.807, 2.05) is 6.08 Å². The molecule has 78 valence electrons. The minimum Gasteiger partial charge on any atom is -0.379 e. The minimum absolute atomic E-state index is 0. The van der Waals surface area contributed by atoms with Gasteiger partial charge >= 0.3 is 0 Å². The molecule has 0 radical (unpaired) electrons. The first-order valence-electron chi connectivity index (χ1n) is 4.51. The smallest absolute Gasteiger partial charge is 0.142 e. The van der Waals surface area contributed by atoms with E-state index in [2.05, 4.69) is 0 Å². The summed E-state index contributed by atoms with van der Waals surface area (Å²) in [7, 11) is 1.06. The second kappa shape index (κ2) is 6.69. The van der Waals surface area contributed by atoms with Crippen LogP contribution in [0.5, 0.6) is 0 Å². The molecule has 0 spiro atoms. The summed E-state index contributed by atoms with van der Waals surface area (Å²) >= 11 is 0. The van der Waals surface area contributed by atoms with Gasteiger partial charge in [0.15, 0.2) is 0 Å². The van der Waals surface area contributed by atoms with Crippen molar-refractivity contribution >= 4 is 16.5 Å². The van der Waals surface area contributed by atoms with Gasteiger partial charge in [0.2, 0.25) is 0 Å². The van der Waals surface area contributed by atoms with Gasteiger partial charge in [-0.2, -0.15) is 0 Å². The van der Waals surface area contributed by atoms with Gasteiger partial charge in [-0.15, -0.1) is 0 Å². The standard InChI is InChI=1S/C9H16O2Si.Pt/c10-7-3-1-5-9(12)6-2-4-8-11-9;/h1,3,7H,2,4-6,8H2,12H3;. The van der Waals surface area contributed by atoms with Gasteiger partial charge in [-0.05, 0) is 31.8 Å². The molecular formula is C9H16O2PtSi. The third-order valence-corrected chi connectivity index (χ3v) is 3.51. The Morgan fingerprint density at radius 3 is 2.77 bits per heavy atom. The van der Waals surface area contributed by atoms with Gasteiger partial charge in [0, 0.05) is 37.9 Å². The average molecular weight is 379 g/mol. The van der Waals surface area contributed by atoms with Crippen molar-refractivity contribution in [3.63, 3.8) is 0 Å². The molecule has 1 aliphatic rings. The zero-order valence-electron chi connectivity index (χ0n) is 7.90. The van der Waals surface area contributed by atoms with Crippen LogP contribution in [-0.2, 0) is 30.6 Å². The van der Waals surface area contributed by atoms with Crippen LogP contribution in [0.2, 0.25) is 0 Å². The first kappa shape index (κ1) is 13.3. The fourth-order valence-corrected chi connectivity index (χ4v) is 2.32. The predicted octanol–water partition coefficient (Wildman–Crippen LogP) is 0.391. The van der Waals surface area contributed by atoms with Crippen LogP contribution in [0.15, 0.2) is 12.2 Å². The molecule has 0 aromatic carbocycles. The Labute approximate surface area is 96.8 Å². The maximum atomic E-state index is 10.0. The van der Waals surface area contributed by atoms with Gasteiger partial charge in [0.25, 0.3) is 0 Å².